The zero-order valence-electron chi connectivity index (χ0n) is 23.8. The predicted molar refractivity (Wildman–Crippen MR) is 148 cm³/mol. The second-order valence-electron chi connectivity index (χ2n) is 11.2. The van der Waals surface area contributed by atoms with Crippen LogP contribution >= 0.6 is 0 Å². The number of hydrogen-bond acceptors (Lipinski definition) is 7. The summed E-state index contributed by atoms with van der Waals surface area (Å²) in [6.07, 6.45) is 7.11. The van der Waals surface area contributed by atoms with Crippen molar-refractivity contribution in [3.8, 4) is 22.6 Å². The molecule has 3 aromatic rings. The average molecular weight is 569 g/mol. The van der Waals surface area contributed by atoms with E-state index < -0.39 is 28.9 Å². The Bertz CT molecular complexity index is 1460. The van der Waals surface area contributed by atoms with E-state index in [9.17, 15) is 9.90 Å². The maximum Gasteiger partial charge on any atom is 0.410 e. The normalized spacial score (nSPS) is 16.3. The molecule has 5 rings (SSSR count). The minimum atomic E-state index is -1.60. The van der Waals surface area contributed by atoms with Crippen molar-refractivity contribution in [3.63, 3.8) is 0 Å². The number of hydrogen-bond donors (Lipinski definition) is 1. The molecule has 11 heteroatoms. The van der Waals surface area contributed by atoms with Gasteiger partial charge >= 0.3 is 6.09 Å². The van der Waals surface area contributed by atoms with Gasteiger partial charge < -0.3 is 24.2 Å². The number of ether oxygens (including phenoxy) is 3. The number of likely N-dealkylation sites (tertiary alicyclic amines) is 1. The standard InChI is InChI=1S/C30H34F2N4O5/c1-30(2,3)41-29(38)35-10-8-19(9-11-35)36-16-18(15-34-36)17-12-21-20(6-7-22(21)33-14-17)28(37)25-26(31)23(39-4)13-24(40-5)27(25)32/h6,12-16,19,28,37H,7-11H2,1-5H3. The Morgan fingerprint density at radius 2 is 1.71 bits per heavy atom. The third kappa shape index (κ3) is 5.63. The molecule has 1 atom stereocenters. The molecule has 1 N–H and O–H groups in total. The molecule has 41 heavy (non-hydrogen) atoms. The summed E-state index contributed by atoms with van der Waals surface area (Å²) in [5, 5.41) is 15.8. The molecule has 1 aliphatic carbocycles. The predicted octanol–water partition coefficient (Wildman–Crippen LogP) is 5.49. The van der Waals surface area contributed by atoms with Gasteiger partial charge in [0.05, 0.1) is 37.7 Å². The Hall–Kier alpha value is -3.99. The number of fused-ring (bicyclic) bond motifs is 1. The maximum atomic E-state index is 15.1. The van der Waals surface area contributed by atoms with Gasteiger partial charge in [-0.05, 0) is 45.3 Å². The lowest BCUT2D eigenvalue weighted by atomic mass is 9.95. The Kier molecular flexibility index (Phi) is 7.74. The Balaban J connectivity index is 1.34. The molecule has 0 bridgehead atoms. The Labute approximate surface area is 237 Å². The fraction of sp³-hybridized carbons (Fsp3) is 0.433. The fourth-order valence-corrected chi connectivity index (χ4v) is 5.27. The molecule has 1 amide bonds. The Morgan fingerprint density at radius 1 is 1.05 bits per heavy atom. The van der Waals surface area contributed by atoms with Crippen LogP contribution in [0.5, 0.6) is 11.5 Å². The van der Waals surface area contributed by atoms with Crippen molar-refractivity contribution in [1.29, 1.82) is 0 Å². The van der Waals surface area contributed by atoms with Crippen LogP contribution in [0.25, 0.3) is 16.7 Å². The molecule has 1 aromatic carbocycles. The molecular formula is C30H34F2N4O5. The number of rotatable bonds is 6. The number of amides is 1. The van der Waals surface area contributed by atoms with Crippen LogP contribution in [0.3, 0.4) is 0 Å². The lowest BCUT2D eigenvalue weighted by Gasteiger charge is -2.33. The average Bonchev–Trinajstić information content (AvgIpc) is 3.60. The number of aliphatic hydroxyl groups is 1. The minimum Gasteiger partial charge on any atom is -0.494 e. The number of nitrogens with zero attached hydrogens (tertiary/aromatic N) is 4. The first kappa shape index (κ1) is 28.5. The van der Waals surface area contributed by atoms with Crippen LogP contribution in [0.2, 0.25) is 0 Å². The van der Waals surface area contributed by atoms with Gasteiger partial charge in [-0.2, -0.15) is 5.10 Å². The summed E-state index contributed by atoms with van der Waals surface area (Å²) in [6, 6.07) is 3.08. The lowest BCUT2D eigenvalue weighted by Crippen LogP contribution is -2.42. The van der Waals surface area contributed by atoms with Gasteiger partial charge in [0.15, 0.2) is 23.1 Å². The van der Waals surface area contributed by atoms with Crippen molar-refractivity contribution < 1.29 is 32.9 Å². The number of aromatic nitrogens is 3. The molecule has 9 nitrogen and oxygen atoms in total. The van der Waals surface area contributed by atoms with E-state index in [0.717, 1.165) is 30.0 Å². The molecule has 1 fully saturated rings. The molecule has 1 aliphatic heterocycles. The number of benzene rings is 1. The summed E-state index contributed by atoms with van der Waals surface area (Å²) in [5.41, 5.74) is 2.14. The molecule has 0 spiro atoms. The first-order chi connectivity index (χ1) is 19.5. The van der Waals surface area contributed by atoms with Crippen LogP contribution in [0.4, 0.5) is 13.6 Å². The van der Waals surface area contributed by atoms with Crippen LogP contribution in [-0.4, -0.2) is 63.8 Å². The molecular weight excluding hydrogens is 534 g/mol. The van der Waals surface area contributed by atoms with Crippen molar-refractivity contribution >= 4 is 11.7 Å². The summed E-state index contributed by atoms with van der Waals surface area (Å²) in [4.78, 5) is 18.7. The number of carbonyl (C=O) groups is 1. The van der Waals surface area contributed by atoms with Gasteiger partial charge in [-0.25, -0.2) is 13.6 Å². The van der Waals surface area contributed by atoms with Crippen molar-refractivity contribution in [2.75, 3.05) is 27.3 Å². The zero-order valence-corrected chi connectivity index (χ0v) is 23.8. The molecule has 1 unspecified atom stereocenters. The third-order valence-electron chi connectivity index (χ3n) is 7.40. The highest BCUT2D eigenvalue weighted by molar-refractivity contribution is 5.79. The number of pyridine rings is 1. The molecule has 0 radical (unpaired) electrons. The fourth-order valence-electron chi connectivity index (χ4n) is 5.27. The van der Waals surface area contributed by atoms with Crippen molar-refractivity contribution in [2.24, 2.45) is 0 Å². The van der Waals surface area contributed by atoms with Crippen molar-refractivity contribution in [1.82, 2.24) is 19.7 Å². The van der Waals surface area contributed by atoms with E-state index >= 15 is 8.78 Å². The van der Waals surface area contributed by atoms with E-state index in [-0.39, 0.29) is 23.6 Å². The number of carbonyl (C=O) groups excluding carboxylic acids is 1. The number of piperidine rings is 1. The van der Waals surface area contributed by atoms with Gasteiger partial charge in [0.1, 0.15) is 11.7 Å². The quantitative estimate of drug-likeness (QED) is 0.420. The number of allylic oxidation sites excluding steroid dienone is 1. The van der Waals surface area contributed by atoms with Crippen LogP contribution in [0, 0.1) is 11.6 Å². The maximum absolute atomic E-state index is 15.1. The zero-order chi connectivity index (χ0) is 29.5. The third-order valence-corrected chi connectivity index (χ3v) is 7.40. The topological polar surface area (TPSA) is 98.9 Å². The van der Waals surface area contributed by atoms with Gasteiger partial charge in [-0.3, -0.25) is 9.67 Å². The van der Waals surface area contributed by atoms with E-state index in [4.69, 9.17) is 14.2 Å². The molecule has 218 valence electrons. The van der Waals surface area contributed by atoms with Gasteiger partial charge in [0, 0.05) is 54.7 Å². The van der Waals surface area contributed by atoms with Crippen LogP contribution < -0.4 is 9.47 Å². The molecule has 2 aromatic heterocycles. The van der Waals surface area contributed by atoms with Gasteiger partial charge in [0.2, 0.25) is 0 Å². The lowest BCUT2D eigenvalue weighted by molar-refractivity contribution is 0.0184. The summed E-state index contributed by atoms with van der Waals surface area (Å²) in [5.74, 6) is -2.44. The highest BCUT2D eigenvalue weighted by Crippen LogP contribution is 2.43. The van der Waals surface area contributed by atoms with Crippen LogP contribution in [-0.2, 0) is 11.2 Å². The first-order valence-corrected chi connectivity index (χ1v) is 13.5. The minimum absolute atomic E-state index is 0.121. The second-order valence-corrected chi connectivity index (χ2v) is 11.2. The number of halogens is 2. The summed E-state index contributed by atoms with van der Waals surface area (Å²) < 4.78 is 47.7. The van der Waals surface area contributed by atoms with Gasteiger partial charge in [-0.15, -0.1) is 0 Å². The van der Waals surface area contributed by atoms with E-state index in [0.29, 0.717) is 36.3 Å². The smallest absolute Gasteiger partial charge is 0.410 e. The molecule has 3 heterocycles. The first-order valence-electron chi connectivity index (χ1n) is 13.5. The monoisotopic (exact) mass is 568 g/mol. The molecule has 2 aliphatic rings. The molecule has 1 saturated heterocycles. The van der Waals surface area contributed by atoms with E-state index in [2.05, 4.69) is 10.1 Å². The summed E-state index contributed by atoms with van der Waals surface area (Å²) >= 11 is 0. The highest BCUT2D eigenvalue weighted by atomic mass is 19.1. The highest BCUT2D eigenvalue weighted by Gasteiger charge is 2.32. The van der Waals surface area contributed by atoms with Crippen molar-refractivity contribution in [2.45, 2.75) is 57.8 Å². The van der Waals surface area contributed by atoms with E-state index in [1.165, 1.54) is 14.2 Å². The summed E-state index contributed by atoms with van der Waals surface area (Å²) in [6.45, 7) is 6.70. The Morgan fingerprint density at radius 3 is 2.32 bits per heavy atom. The number of methoxy groups -OCH3 is 2. The second kappa shape index (κ2) is 11.1. The van der Waals surface area contributed by atoms with E-state index in [1.54, 1.807) is 23.4 Å². The number of aliphatic hydroxyl groups excluding tert-OH is 1. The van der Waals surface area contributed by atoms with Gasteiger partial charge in [-0.1, -0.05) is 6.08 Å². The van der Waals surface area contributed by atoms with Crippen LogP contribution in [0.15, 0.2) is 36.8 Å². The van der Waals surface area contributed by atoms with Crippen molar-refractivity contribution in [3.05, 3.63) is 65.3 Å². The van der Waals surface area contributed by atoms with Crippen LogP contribution in [0.1, 0.15) is 62.6 Å². The largest absolute Gasteiger partial charge is 0.494 e. The molecule has 0 saturated carbocycles. The van der Waals surface area contributed by atoms with E-state index in [1.807, 2.05) is 37.7 Å². The summed E-state index contributed by atoms with van der Waals surface area (Å²) in [7, 11) is 2.52. The van der Waals surface area contributed by atoms with Gasteiger partial charge in [0.25, 0.3) is 0 Å². The SMILES string of the molecule is COc1cc(OC)c(F)c(C(O)C2=CCc3ncc(-c4cnn(C5CCN(C(=O)OC(C)(C)C)CC5)c4)cc32)c1F.